The molecule has 1 aliphatic rings. The zero-order valence-corrected chi connectivity index (χ0v) is 19.3. The molecule has 1 N–H and O–H groups in total. The van der Waals surface area contributed by atoms with Crippen LogP contribution in [-0.2, 0) is 24.2 Å². The number of aryl methyl sites for hydroxylation is 2. The predicted octanol–water partition coefficient (Wildman–Crippen LogP) is 5.00. The van der Waals surface area contributed by atoms with Crippen molar-refractivity contribution in [2.24, 2.45) is 0 Å². The van der Waals surface area contributed by atoms with E-state index in [0.717, 1.165) is 35.5 Å². The minimum absolute atomic E-state index is 0.0438. The fourth-order valence-corrected chi connectivity index (χ4v) is 4.95. The number of hydrogen-bond donors (Lipinski definition) is 1. The van der Waals surface area contributed by atoms with Crippen molar-refractivity contribution in [3.8, 4) is 11.4 Å². The second kappa shape index (κ2) is 9.58. The number of fused-ring (bicyclic) bond motifs is 1. The van der Waals surface area contributed by atoms with E-state index in [1.165, 1.54) is 29.3 Å². The van der Waals surface area contributed by atoms with Gasteiger partial charge in [0.15, 0.2) is 11.0 Å². The van der Waals surface area contributed by atoms with Crippen molar-refractivity contribution in [1.82, 2.24) is 19.7 Å². The molecule has 0 spiro atoms. The van der Waals surface area contributed by atoms with Gasteiger partial charge in [0.2, 0.25) is 5.91 Å². The highest BCUT2D eigenvalue weighted by molar-refractivity contribution is 8.00. The van der Waals surface area contributed by atoms with Crippen LogP contribution in [0.5, 0.6) is 0 Å². The smallest absolute Gasteiger partial charge is 0.237 e. The van der Waals surface area contributed by atoms with Gasteiger partial charge in [-0.05, 0) is 67.1 Å². The molecule has 2 aromatic heterocycles. The molecule has 7 heteroatoms. The van der Waals surface area contributed by atoms with E-state index in [1.807, 2.05) is 43.3 Å². The van der Waals surface area contributed by atoms with Crippen LogP contribution in [0.25, 0.3) is 11.4 Å². The number of thioether (sulfide) groups is 1. The van der Waals surface area contributed by atoms with Gasteiger partial charge in [-0.15, -0.1) is 10.2 Å². The highest BCUT2D eigenvalue weighted by atomic mass is 32.2. The van der Waals surface area contributed by atoms with E-state index < -0.39 is 0 Å². The molecule has 0 fully saturated rings. The van der Waals surface area contributed by atoms with Gasteiger partial charge in [-0.1, -0.05) is 48.2 Å². The zero-order chi connectivity index (χ0) is 22.6. The van der Waals surface area contributed by atoms with Crippen molar-refractivity contribution < 1.29 is 4.79 Å². The summed E-state index contributed by atoms with van der Waals surface area (Å²) < 4.78 is 2.06. The summed E-state index contributed by atoms with van der Waals surface area (Å²) in [5, 5.41) is 12.3. The van der Waals surface area contributed by atoms with Crippen molar-refractivity contribution in [3.63, 3.8) is 0 Å². The number of anilines is 1. The lowest BCUT2D eigenvalue weighted by Gasteiger charge is -2.14. The SMILES string of the molecule is CC(Sc1nnc(-c2ccncc2)n1Cc1ccccc1)C(=O)Nc1ccc2c(c1)CCC2. The summed E-state index contributed by atoms with van der Waals surface area (Å²) in [7, 11) is 0. The Hall–Kier alpha value is -3.45. The number of rotatable bonds is 7. The fourth-order valence-electron chi connectivity index (χ4n) is 4.10. The second-order valence-electron chi connectivity index (χ2n) is 8.20. The fraction of sp³-hybridized carbons (Fsp3) is 0.231. The summed E-state index contributed by atoms with van der Waals surface area (Å²) in [5.41, 5.74) is 5.68. The number of nitrogens with one attached hydrogen (secondary N) is 1. The molecule has 2 aromatic carbocycles. The molecular formula is C26H25N5OS. The molecule has 2 heterocycles. The molecule has 0 saturated carbocycles. The summed E-state index contributed by atoms with van der Waals surface area (Å²) in [6.07, 6.45) is 6.90. The van der Waals surface area contributed by atoms with Crippen LogP contribution in [0.15, 0.2) is 78.2 Å². The number of carbonyl (C=O) groups is 1. The highest BCUT2D eigenvalue weighted by Gasteiger charge is 2.22. The normalized spacial score (nSPS) is 13.5. The first kappa shape index (κ1) is 21.4. The van der Waals surface area contributed by atoms with Crippen molar-refractivity contribution in [1.29, 1.82) is 0 Å². The monoisotopic (exact) mass is 455 g/mol. The van der Waals surface area contributed by atoms with Crippen LogP contribution < -0.4 is 5.32 Å². The molecule has 1 amide bonds. The predicted molar refractivity (Wildman–Crippen MR) is 131 cm³/mol. The lowest BCUT2D eigenvalue weighted by molar-refractivity contribution is -0.115. The summed E-state index contributed by atoms with van der Waals surface area (Å²) in [4.78, 5) is 17.1. The Morgan fingerprint density at radius 1 is 1.03 bits per heavy atom. The van der Waals surface area contributed by atoms with Gasteiger partial charge in [-0.3, -0.25) is 14.3 Å². The van der Waals surface area contributed by atoms with Crippen LogP contribution in [0.1, 0.15) is 30.0 Å². The van der Waals surface area contributed by atoms with Gasteiger partial charge in [0.05, 0.1) is 11.8 Å². The van der Waals surface area contributed by atoms with E-state index in [-0.39, 0.29) is 11.2 Å². The molecule has 1 aliphatic carbocycles. The van der Waals surface area contributed by atoms with Crippen LogP contribution in [0.2, 0.25) is 0 Å². The van der Waals surface area contributed by atoms with Gasteiger partial charge in [0, 0.05) is 23.6 Å². The van der Waals surface area contributed by atoms with Gasteiger partial charge < -0.3 is 5.32 Å². The maximum absolute atomic E-state index is 13.0. The van der Waals surface area contributed by atoms with Crippen molar-refractivity contribution >= 4 is 23.4 Å². The van der Waals surface area contributed by atoms with Crippen LogP contribution in [0.3, 0.4) is 0 Å². The molecule has 166 valence electrons. The molecule has 33 heavy (non-hydrogen) atoms. The van der Waals surface area contributed by atoms with E-state index in [0.29, 0.717) is 11.7 Å². The first-order valence-electron chi connectivity index (χ1n) is 11.1. The molecule has 0 bridgehead atoms. The standard InChI is InChI=1S/C26H25N5OS/c1-18(25(32)28-23-11-10-20-8-5-9-22(20)16-23)33-26-30-29-24(21-12-14-27-15-13-21)31(26)17-19-6-3-2-4-7-19/h2-4,6-7,10-16,18H,5,8-9,17H2,1H3,(H,28,32). The average molecular weight is 456 g/mol. The number of amides is 1. The van der Waals surface area contributed by atoms with Crippen LogP contribution in [0, 0.1) is 0 Å². The van der Waals surface area contributed by atoms with Gasteiger partial charge >= 0.3 is 0 Å². The lowest BCUT2D eigenvalue weighted by atomic mass is 10.1. The van der Waals surface area contributed by atoms with Crippen LogP contribution in [-0.4, -0.2) is 30.9 Å². The number of nitrogens with zero attached hydrogens (tertiary/aromatic N) is 4. The van der Waals surface area contributed by atoms with Crippen molar-refractivity contribution in [2.45, 2.75) is 43.1 Å². The van der Waals surface area contributed by atoms with E-state index >= 15 is 0 Å². The summed E-state index contributed by atoms with van der Waals surface area (Å²) in [6.45, 7) is 2.52. The topological polar surface area (TPSA) is 72.7 Å². The average Bonchev–Trinajstić information content (AvgIpc) is 3.47. The van der Waals surface area contributed by atoms with E-state index in [4.69, 9.17) is 0 Å². The van der Waals surface area contributed by atoms with Gasteiger partial charge in [0.1, 0.15) is 0 Å². The molecule has 0 saturated heterocycles. The number of benzene rings is 2. The minimum atomic E-state index is -0.331. The Bertz CT molecular complexity index is 1260. The Morgan fingerprint density at radius 2 is 1.82 bits per heavy atom. The summed E-state index contributed by atoms with van der Waals surface area (Å²) in [6, 6.07) is 20.3. The van der Waals surface area contributed by atoms with Crippen LogP contribution in [0.4, 0.5) is 5.69 Å². The van der Waals surface area contributed by atoms with Crippen molar-refractivity contribution in [2.75, 3.05) is 5.32 Å². The first-order valence-corrected chi connectivity index (χ1v) is 12.0. The molecule has 0 aliphatic heterocycles. The maximum atomic E-state index is 13.0. The Morgan fingerprint density at radius 3 is 2.64 bits per heavy atom. The summed E-state index contributed by atoms with van der Waals surface area (Å²) in [5.74, 6) is 0.715. The quantitative estimate of drug-likeness (QED) is 0.397. The van der Waals surface area contributed by atoms with Gasteiger partial charge in [-0.2, -0.15) is 0 Å². The molecule has 1 unspecified atom stereocenters. The van der Waals surface area contributed by atoms with Crippen molar-refractivity contribution in [3.05, 3.63) is 89.7 Å². The van der Waals surface area contributed by atoms with Gasteiger partial charge in [0.25, 0.3) is 0 Å². The Labute approximate surface area is 197 Å². The Balaban J connectivity index is 1.36. The maximum Gasteiger partial charge on any atom is 0.237 e. The molecule has 6 nitrogen and oxygen atoms in total. The summed E-state index contributed by atoms with van der Waals surface area (Å²) >= 11 is 1.42. The number of aromatic nitrogens is 4. The number of pyridine rings is 1. The largest absolute Gasteiger partial charge is 0.325 e. The van der Waals surface area contributed by atoms with Crippen LogP contribution >= 0.6 is 11.8 Å². The highest BCUT2D eigenvalue weighted by Crippen LogP contribution is 2.29. The molecule has 5 rings (SSSR count). The second-order valence-corrected chi connectivity index (χ2v) is 9.51. The van der Waals surface area contributed by atoms with E-state index in [2.05, 4.69) is 49.3 Å². The number of hydrogen-bond acceptors (Lipinski definition) is 5. The number of carbonyl (C=O) groups excluding carboxylic acids is 1. The third kappa shape index (κ3) is 4.83. The third-order valence-electron chi connectivity index (χ3n) is 5.86. The third-order valence-corrected chi connectivity index (χ3v) is 6.94. The van der Waals surface area contributed by atoms with E-state index in [1.54, 1.807) is 12.4 Å². The lowest BCUT2D eigenvalue weighted by Crippen LogP contribution is -2.23. The molecular weight excluding hydrogens is 430 g/mol. The molecule has 0 radical (unpaired) electrons. The first-order chi connectivity index (χ1) is 16.2. The van der Waals surface area contributed by atoms with E-state index in [9.17, 15) is 4.79 Å². The van der Waals surface area contributed by atoms with Gasteiger partial charge in [-0.25, -0.2) is 0 Å². The minimum Gasteiger partial charge on any atom is -0.325 e. The zero-order valence-electron chi connectivity index (χ0n) is 18.4. The molecule has 1 atom stereocenters. The Kier molecular flexibility index (Phi) is 6.21. The molecule has 4 aromatic rings.